The Hall–Kier alpha value is -1.38. The molecule has 0 unspecified atom stereocenters. The van der Waals surface area contributed by atoms with Crippen molar-refractivity contribution < 1.29 is 0 Å². The predicted molar refractivity (Wildman–Crippen MR) is 67.3 cm³/mol. The van der Waals surface area contributed by atoms with E-state index in [0.29, 0.717) is 11.6 Å². The van der Waals surface area contributed by atoms with E-state index >= 15 is 0 Å². The van der Waals surface area contributed by atoms with Crippen molar-refractivity contribution >= 4 is 11.6 Å². The molecule has 0 bridgehead atoms. The fraction of sp³-hybridized carbons (Fsp3) is 0.154. The molecule has 16 heavy (non-hydrogen) atoms. The lowest BCUT2D eigenvalue weighted by Crippen LogP contribution is -2.01. The van der Waals surface area contributed by atoms with Gasteiger partial charge in [-0.1, -0.05) is 29.8 Å². The number of hydrogen-bond donors (Lipinski definition) is 1. The first-order chi connectivity index (χ1) is 7.70. The van der Waals surface area contributed by atoms with Crippen molar-refractivity contribution in [2.24, 2.45) is 5.73 Å². The Kier molecular flexibility index (Phi) is 3.22. The summed E-state index contributed by atoms with van der Waals surface area (Å²) in [7, 11) is 0. The van der Waals surface area contributed by atoms with Gasteiger partial charge in [0.15, 0.2) is 0 Å². The van der Waals surface area contributed by atoms with E-state index in [9.17, 15) is 0 Å². The second-order valence-corrected chi connectivity index (χ2v) is 4.11. The molecule has 82 valence electrons. The number of nitrogens with two attached hydrogens (primary N) is 1. The molecule has 3 heteroatoms. The summed E-state index contributed by atoms with van der Waals surface area (Å²) in [5, 5.41) is 0.712. The van der Waals surface area contributed by atoms with Crippen LogP contribution in [0.1, 0.15) is 11.3 Å². The van der Waals surface area contributed by atoms with E-state index in [0.717, 1.165) is 22.5 Å². The third-order valence-corrected chi connectivity index (χ3v) is 2.67. The summed E-state index contributed by atoms with van der Waals surface area (Å²) in [5.41, 5.74) is 9.65. The number of halogens is 1. The maximum absolute atomic E-state index is 5.97. The van der Waals surface area contributed by atoms with Crippen LogP contribution in [0, 0.1) is 6.92 Å². The summed E-state index contributed by atoms with van der Waals surface area (Å²) >= 11 is 5.97. The van der Waals surface area contributed by atoms with Crippen molar-refractivity contribution in [3.63, 3.8) is 0 Å². The first-order valence-electron chi connectivity index (χ1n) is 5.13. The van der Waals surface area contributed by atoms with Gasteiger partial charge in [0.2, 0.25) is 0 Å². The molecule has 1 heterocycles. The molecule has 0 atom stereocenters. The van der Waals surface area contributed by atoms with Crippen molar-refractivity contribution in [1.29, 1.82) is 0 Å². The van der Waals surface area contributed by atoms with E-state index < -0.39 is 0 Å². The Morgan fingerprint density at radius 2 is 2.06 bits per heavy atom. The van der Waals surface area contributed by atoms with E-state index in [-0.39, 0.29) is 0 Å². The smallest absolute Gasteiger partial charge is 0.0750 e. The largest absolute Gasteiger partial charge is 0.326 e. The van der Waals surface area contributed by atoms with E-state index in [1.807, 2.05) is 43.3 Å². The van der Waals surface area contributed by atoms with Gasteiger partial charge in [0, 0.05) is 22.8 Å². The molecule has 2 N–H and O–H groups in total. The first kappa shape index (κ1) is 11.1. The van der Waals surface area contributed by atoms with Crippen LogP contribution in [0.5, 0.6) is 0 Å². The molecule has 2 nitrogen and oxygen atoms in total. The molecule has 0 spiro atoms. The van der Waals surface area contributed by atoms with Gasteiger partial charge >= 0.3 is 0 Å². The van der Waals surface area contributed by atoms with Crippen molar-refractivity contribution in [2.45, 2.75) is 13.5 Å². The molecule has 0 radical (unpaired) electrons. The van der Waals surface area contributed by atoms with Gasteiger partial charge in [0.25, 0.3) is 0 Å². The Balaban J connectivity index is 2.58. The van der Waals surface area contributed by atoms with E-state index in [1.54, 1.807) is 0 Å². The Morgan fingerprint density at radius 1 is 1.25 bits per heavy atom. The second-order valence-electron chi connectivity index (χ2n) is 3.67. The number of aromatic nitrogens is 1. The summed E-state index contributed by atoms with van der Waals surface area (Å²) in [6.45, 7) is 2.45. The highest BCUT2D eigenvalue weighted by molar-refractivity contribution is 6.30. The molecular weight excluding hydrogens is 220 g/mol. The summed E-state index contributed by atoms with van der Waals surface area (Å²) < 4.78 is 0. The fourth-order valence-corrected chi connectivity index (χ4v) is 1.83. The van der Waals surface area contributed by atoms with Crippen LogP contribution >= 0.6 is 11.6 Å². The lowest BCUT2D eigenvalue weighted by atomic mass is 10.1. The van der Waals surface area contributed by atoms with Gasteiger partial charge in [-0.15, -0.1) is 0 Å². The number of nitrogens with zero attached hydrogens (tertiary/aromatic N) is 1. The monoisotopic (exact) mass is 232 g/mol. The molecule has 0 fully saturated rings. The van der Waals surface area contributed by atoms with Gasteiger partial charge in [-0.2, -0.15) is 0 Å². The minimum absolute atomic E-state index is 0.481. The highest BCUT2D eigenvalue weighted by Gasteiger charge is 2.06. The topological polar surface area (TPSA) is 38.9 Å². The predicted octanol–water partition coefficient (Wildman–Crippen LogP) is 3.17. The highest BCUT2D eigenvalue weighted by Crippen LogP contribution is 2.24. The zero-order valence-electron chi connectivity index (χ0n) is 9.07. The van der Waals surface area contributed by atoms with Crippen LogP contribution in [0.3, 0.4) is 0 Å². The van der Waals surface area contributed by atoms with Gasteiger partial charge in [-0.25, -0.2) is 0 Å². The molecule has 0 saturated heterocycles. The molecule has 1 aromatic carbocycles. The zero-order valence-corrected chi connectivity index (χ0v) is 9.83. The number of pyridine rings is 1. The highest BCUT2D eigenvalue weighted by atomic mass is 35.5. The van der Waals surface area contributed by atoms with E-state index in [2.05, 4.69) is 4.98 Å². The Labute approximate surface area is 100 Å². The zero-order chi connectivity index (χ0) is 11.5. The van der Waals surface area contributed by atoms with Crippen molar-refractivity contribution in [2.75, 3.05) is 0 Å². The van der Waals surface area contributed by atoms with Crippen molar-refractivity contribution in [3.05, 3.63) is 52.7 Å². The number of benzene rings is 1. The normalized spacial score (nSPS) is 10.4. The minimum Gasteiger partial charge on any atom is -0.326 e. The molecule has 0 aliphatic heterocycles. The molecule has 0 aliphatic carbocycles. The first-order valence-corrected chi connectivity index (χ1v) is 5.51. The fourth-order valence-electron chi connectivity index (χ4n) is 1.64. The van der Waals surface area contributed by atoms with Crippen LogP contribution in [0.2, 0.25) is 5.02 Å². The SMILES string of the molecule is Cc1ccc(CN)c(-c2cccc(Cl)c2)n1. The Bertz CT molecular complexity index is 509. The molecule has 1 aromatic heterocycles. The van der Waals surface area contributed by atoms with Gasteiger partial charge in [0.05, 0.1) is 5.69 Å². The summed E-state index contributed by atoms with van der Waals surface area (Å²) in [4.78, 5) is 4.52. The van der Waals surface area contributed by atoms with Crippen molar-refractivity contribution in [3.8, 4) is 11.3 Å². The molecule has 2 rings (SSSR count). The Morgan fingerprint density at radius 3 is 2.75 bits per heavy atom. The van der Waals surface area contributed by atoms with E-state index in [4.69, 9.17) is 17.3 Å². The van der Waals surface area contributed by atoms with E-state index in [1.165, 1.54) is 0 Å². The lowest BCUT2D eigenvalue weighted by molar-refractivity contribution is 1.04. The van der Waals surface area contributed by atoms with Crippen LogP contribution in [-0.2, 0) is 6.54 Å². The third-order valence-electron chi connectivity index (χ3n) is 2.44. The average molecular weight is 233 g/mol. The molecular formula is C13H13ClN2. The van der Waals surface area contributed by atoms with Crippen LogP contribution in [0.15, 0.2) is 36.4 Å². The summed E-state index contributed by atoms with van der Waals surface area (Å²) in [6, 6.07) is 11.6. The van der Waals surface area contributed by atoms with Gasteiger partial charge < -0.3 is 5.73 Å². The lowest BCUT2D eigenvalue weighted by Gasteiger charge is -2.08. The van der Waals surface area contributed by atoms with Crippen LogP contribution in [-0.4, -0.2) is 4.98 Å². The average Bonchev–Trinajstić information content (AvgIpc) is 2.29. The van der Waals surface area contributed by atoms with Crippen LogP contribution < -0.4 is 5.73 Å². The van der Waals surface area contributed by atoms with Gasteiger partial charge in [-0.05, 0) is 30.7 Å². The number of rotatable bonds is 2. The molecule has 0 aliphatic rings. The molecule has 0 saturated carbocycles. The second kappa shape index (κ2) is 4.64. The van der Waals surface area contributed by atoms with Gasteiger partial charge in [-0.3, -0.25) is 4.98 Å². The number of aryl methyl sites for hydroxylation is 1. The summed E-state index contributed by atoms with van der Waals surface area (Å²) in [5.74, 6) is 0. The van der Waals surface area contributed by atoms with Crippen molar-refractivity contribution in [1.82, 2.24) is 4.98 Å². The maximum atomic E-state index is 5.97. The standard InChI is InChI=1S/C13H13ClN2/c1-9-5-6-11(8-15)13(16-9)10-3-2-4-12(14)7-10/h2-7H,8,15H2,1H3. The third kappa shape index (κ3) is 2.23. The quantitative estimate of drug-likeness (QED) is 0.864. The minimum atomic E-state index is 0.481. The maximum Gasteiger partial charge on any atom is 0.0750 e. The van der Waals surface area contributed by atoms with Crippen LogP contribution in [0.4, 0.5) is 0 Å². The molecule has 0 amide bonds. The summed E-state index contributed by atoms with van der Waals surface area (Å²) in [6.07, 6.45) is 0. The molecule has 2 aromatic rings. The number of hydrogen-bond acceptors (Lipinski definition) is 2. The van der Waals surface area contributed by atoms with Gasteiger partial charge in [0.1, 0.15) is 0 Å². The van der Waals surface area contributed by atoms with Crippen LogP contribution in [0.25, 0.3) is 11.3 Å².